The fourth-order valence-corrected chi connectivity index (χ4v) is 1.64. The van der Waals surface area contributed by atoms with Crippen LogP contribution in [0.1, 0.15) is 12.1 Å². The van der Waals surface area contributed by atoms with Gasteiger partial charge in [-0.05, 0) is 6.42 Å². The second-order valence-electron chi connectivity index (χ2n) is 3.70. The van der Waals surface area contributed by atoms with Crippen molar-refractivity contribution in [2.75, 3.05) is 31.2 Å². The van der Waals surface area contributed by atoms with Crippen molar-refractivity contribution in [3.8, 4) is 0 Å². The van der Waals surface area contributed by atoms with E-state index in [2.05, 4.69) is 20.0 Å². The summed E-state index contributed by atoms with van der Waals surface area (Å²) in [5.41, 5.74) is 5.77. The molecule has 1 fully saturated rings. The lowest BCUT2D eigenvalue weighted by Gasteiger charge is -2.19. The van der Waals surface area contributed by atoms with Crippen LogP contribution in [0.3, 0.4) is 0 Å². The highest BCUT2D eigenvalue weighted by molar-refractivity contribution is 5.94. The lowest BCUT2D eigenvalue weighted by atomic mass is 10.4. The van der Waals surface area contributed by atoms with E-state index < -0.39 is 0 Å². The van der Waals surface area contributed by atoms with Crippen LogP contribution in [0, 0.1) is 0 Å². The number of anilines is 1. The van der Waals surface area contributed by atoms with Crippen LogP contribution in [0.15, 0.2) is 17.5 Å². The van der Waals surface area contributed by atoms with E-state index in [0.29, 0.717) is 12.3 Å². The molecule has 0 aromatic carbocycles. The quantitative estimate of drug-likeness (QED) is 0.320. The Labute approximate surface area is 98.9 Å². The fourth-order valence-electron chi connectivity index (χ4n) is 1.64. The molecule has 0 atom stereocenters. The molecule has 1 aromatic heterocycles. The van der Waals surface area contributed by atoms with Gasteiger partial charge in [-0.3, -0.25) is 0 Å². The van der Waals surface area contributed by atoms with Gasteiger partial charge in [-0.25, -0.2) is 9.97 Å². The van der Waals surface area contributed by atoms with E-state index in [1.54, 1.807) is 6.20 Å². The van der Waals surface area contributed by atoms with Gasteiger partial charge in [0.2, 0.25) is 0 Å². The summed E-state index contributed by atoms with van der Waals surface area (Å²) in [4.78, 5) is 10.5. The number of hydrogen-bond donors (Lipinski definition) is 2. The molecule has 0 bridgehead atoms. The summed E-state index contributed by atoms with van der Waals surface area (Å²) in [6, 6.07) is 0. The summed E-state index contributed by atoms with van der Waals surface area (Å²) in [5.74, 6) is 0.744. The molecule has 1 saturated heterocycles. The zero-order chi connectivity index (χ0) is 12.1. The SMILES string of the molecule is NC(=NO)c1cnc(N2CCCOCC2)cn1. The zero-order valence-corrected chi connectivity index (χ0v) is 9.41. The Bertz CT molecular complexity index is 384. The first-order valence-electron chi connectivity index (χ1n) is 5.44. The van der Waals surface area contributed by atoms with Gasteiger partial charge in [0.25, 0.3) is 0 Å². The highest BCUT2D eigenvalue weighted by Crippen LogP contribution is 2.11. The van der Waals surface area contributed by atoms with Crippen LogP contribution in [0.25, 0.3) is 0 Å². The molecule has 92 valence electrons. The van der Waals surface area contributed by atoms with E-state index in [1.165, 1.54) is 6.20 Å². The minimum Gasteiger partial charge on any atom is -0.409 e. The van der Waals surface area contributed by atoms with E-state index >= 15 is 0 Å². The van der Waals surface area contributed by atoms with Crippen LogP contribution >= 0.6 is 0 Å². The highest BCUT2D eigenvalue weighted by Gasteiger charge is 2.12. The summed E-state index contributed by atoms with van der Waals surface area (Å²) >= 11 is 0. The van der Waals surface area contributed by atoms with E-state index in [9.17, 15) is 0 Å². The van der Waals surface area contributed by atoms with Gasteiger partial charge in [-0.1, -0.05) is 5.16 Å². The number of hydrogen-bond acceptors (Lipinski definition) is 6. The Kier molecular flexibility index (Phi) is 3.71. The second-order valence-corrected chi connectivity index (χ2v) is 3.70. The number of rotatable bonds is 2. The van der Waals surface area contributed by atoms with E-state index in [0.717, 1.165) is 31.9 Å². The predicted octanol–water partition coefficient (Wildman–Crippen LogP) is -0.202. The average molecular weight is 237 g/mol. The van der Waals surface area contributed by atoms with Crippen molar-refractivity contribution in [2.24, 2.45) is 10.9 Å². The van der Waals surface area contributed by atoms with Crippen molar-refractivity contribution in [1.82, 2.24) is 9.97 Å². The third-order valence-electron chi connectivity index (χ3n) is 2.55. The number of nitrogens with two attached hydrogens (primary N) is 1. The van der Waals surface area contributed by atoms with Crippen molar-refractivity contribution in [1.29, 1.82) is 0 Å². The molecule has 17 heavy (non-hydrogen) atoms. The highest BCUT2D eigenvalue weighted by atomic mass is 16.5. The van der Waals surface area contributed by atoms with E-state index in [-0.39, 0.29) is 5.84 Å². The maximum atomic E-state index is 8.51. The summed E-state index contributed by atoms with van der Waals surface area (Å²) in [6.45, 7) is 3.19. The normalized spacial score (nSPS) is 17.9. The van der Waals surface area contributed by atoms with Crippen molar-refractivity contribution in [3.63, 3.8) is 0 Å². The van der Waals surface area contributed by atoms with Crippen LogP contribution in [0.4, 0.5) is 5.82 Å². The summed E-state index contributed by atoms with van der Waals surface area (Å²) < 4.78 is 5.36. The van der Waals surface area contributed by atoms with Gasteiger partial charge >= 0.3 is 0 Å². The van der Waals surface area contributed by atoms with Crippen LogP contribution in [0.5, 0.6) is 0 Å². The largest absolute Gasteiger partial charge is 0.409 e. The summed E-state index contributed by atoms with van der Waals surface area (Å²) in [7, 11) is 0. The molecule has 0 amide bonds. The molecular weight excluding hydrogens is 222 g/mol. The van der Waals surface area contributed by atoms with Gasteiger partial charge in [0.15, 0.2) is 5.84 Å². The lowest BCUT2D eigenvalue weighted by molar-refractivity contribution is 0.152. The Morgan fingerprint density at radius 3 is 2.94 bits per heavy atom. The van der Waals surface area contributed by atoms with Crippen LogP contribution < -0.4 is 10.6 Å². The smallest absolute Gasteiger partial charge is 0.190 e. The standard InChI is InChI=1S/C10H15N5O2/c11-10(14-16)8-6-13-9(7-12-8)15-2-1-4-17-5-3-15/h6-7,16H,1-5H2,(H2,11,14). The van der Waals surface area contributed by atoms with Gasteiger partial charge in [0.05, 0.1) is 19.0 Å². The maximum absolute atomic E-state index is 8.51. The van der Waals surface area contributed by atoms with Gasteiger partial charge < -0.3 is 20.6 Å². The third-order valence-corrected chi connectivity index (χ3v) is 2.55. The Hall–Kier alpha value is -1.89. The number of ether oxygens (including phenoxy) is 1. The molecule has 7 heteroatoms. The first-order chi connectivity index (χ1) is 8.31. The van der Waals surface area contributed by atoms with Gasteiger partial charge in [0, 0.05) is 19.7 Å². The average Bonchev–Trinajstić information content (AvgIpc) is 2.67. The molecule has 0 spiro atoms. The lowest BCUT2D eigenvalue weighted by Crippen LogP contribution is -2.27. The number of oxime groups is 1. The van der Waals surface area contributed by atoms with Crippen molar-refractivity contribution >= 4 is 11.7 Å². The van der Waals surface area contributed by atoms with Crippen molar-refractivity contribution < 1.29 is 9.94 Å². The van der Waals surface area contributed by atoms with Crippen molar-refractivity contribution in [3.05, 3.63) is 18.1 Å². The molecular formula is C10H15N5O2. The Balaban J connectivity index is 2.11. The first kappa shape index (κ1) is 11.6. The fraction of sp³-hybridized carbons (Fsp3) is 0.500. The van der Waals surface area contributed by atoms with Crippen LogP contribution in [0.2, 0.25) is 0 Å². The molecule has 1 aromatic rings. The minimum atomic E-state index is -0.0387. The number of aromatic nitrogens is 2. The van der Waals surface area contributed by atoms with Crippen molar-refractivity contribution in [2.45, 2.75) is 6.42 Å². The monoisotopic (exact) mass is 237 g/mol. The van der Waals surface area contributed by atoms with E-state index in [4.69, 9.17) is 15.7 Å². The Morgan fingerprint density at radius 2 is 2.24 bits per heavy atom. The topological polar surface area (TPSA) is 96.9 Å². The molecule has 3 N–H and O–H groups in total. The van der Waals surface area contributed by atoms with Gasteiger partial charge in [-0.2, -0.15) is 0 Å². The molecule has 1 aliphatic heterocycles. The van der Waals surface area contributed by atoms with Crippen LogP contribution in [-0.4, -0.2) is 47.3 Å². The molecule has 0 saturated carbocycles. The molecule has 0 aliphatic carbocycles. The first-order valence-corrected chi connectivity index (χ1v) is 5.44. The Morgan fingerprint density at radius 1 is 1.35 bits per heavy atom. The molecule has 2 rings (SSSR count). The second kappa shape index (κ2) is 5.44. The zero-order valence-electron chi connectivity index (χ0n) is 9.41. The van der Waals surface area contributed by atoms with Gasteiger partial charge in [-0.15, -0.1) is 0 Å². The molecule has 0 unspecified atom stereocenters. The maximum Gasteiger partial charge on any atom is 0.190 e. The molecule has 7 nitrogen and oxygen atoms in total. The number of nitrogens with zero attached hydrogens (tertiary/aromatic N) is 4. The number of amidine groups is 1. The summed E-state index contributed by atoms with van der Waals surface area (Å²) in [5, 5.41) is 11.4. The van der Waals surface area contributed by atoms with Crippen LogP contribution in [-0.2, 0) is 4.74 Å². The third kappa shape index (κ3) is 2.82. The molecule has 0 radical (unpaired) electrons. The van der Waals surface area contributed by atoms with E-state index in [1.807, 2.05) is 0 Å². The molecule has 1 aliphatic rings. The van der Waals surface area contributed by atoms with Gasteiger partial charge in [0.1, 0.15) is 11.5 Å². The predicted molar refractivity (Wildman–Crippen MR) is 62.2 cm³/mol. The summed E-state index contributed by atoms with van der Waals surface area (Å²) in [6.07, 6.45) is 4.10. The molecule has 2 heterocycles. The minimum absolute atomic E-state index is 0.0387.